The summed E-state index contributed by atoms with van der Waals surface area (Å²) >= 11 is 8.96. The van der Waals surface area contributed by atoms with E-state index in [1.807, 2.05) is 0 Å². The highest BCUT2D eigenvalue weighted by molar-refractivity contribution is 9.10. The van der Waals surface area contributed by atoms with Crippen molar-refractivity contribution in [3.05, 3.63) is 27.7 Å². The summed E-state index contributed by atoms with van der Waals surface area (Å²) in [6.45, 7) is 0. The number of halogens is 2. The first-order valence-corrected chi connectivity index (χ1v) is 7.44. The Kier molecular flexibility index (Phi) is 4.35. The normalized spacial score (nSPS) is 11.2. The molecule has 0 radical (unpaired) electrons. The zero-order chi connectivity index (χ0) is 12.3. The van der Waals surface area contributed by atoms with Gasteiger partial charge in [0.25, 0.3) is 0 Å². The number of rotatable bonds is 3. The zero-order valence-electron chi connectivity index (χ0n) is 8.33. The first kappa shape index (κ1) is 13.5. The highest BCUT2D eigenvalue weighted by Gasteiger charge is 2.12. The quantitative estimate of drug-likeness (QED) is 0.925. The zero-order valence-corrected chi connectivity index (χ0v) is 11.5. The molecule has 4 nitrogen and oxygen atoms in total. The SMILES string of the molecule is CS(=O)(=O)CC(=O)Nc1cc(Cl)ccc1Br. The summed E-state index contributed by atoms with van der Waals surface area (Å²) < 4.78 is 22.4. The maximum absolute atomic E-state index is 11.3. The Labute approximate surface area is 107 Å². The predicted octanol–water partition coefficient (Wildman–Crippen LogP) is 2.09. The van der Waals surface area contributed by atoms with Crippen molar-refractivity contribution in [2.75, 3.05) is 17.3 Å². The van der Waals surface area contributed by atoms with Gasteiger partial charge in [0, 0.05) is 15.8 Å². The van der Waals surface area contributed by atoms with E-state index in [2.05, 4.69) is 21.2 Å². The van der Waals surface area contributed by atoms with Crippen LogP contribution in [0.15, 0.2) is 22.7 Å². The van der Waals surface area contributed by atoms with Gasteiger partial charge in [0.2, 0.25) is 5.91 Å². The molecule has 0 atom stereocenters. The standard InChI is InChI=1S/C9H9BrClNO3S/c1-16(14,15)5-9(13)12-8-4-6(11)2-3-7(8)10/h2-4H,5H2,1H3,(H,12,13). The summed E-state index contributed by atoms with van der Waals surface area (Å²) in [6, 6.07) is 4.85. The molecule has 0 bridgehead atoms. The average Bonchev–Trinajstić information content (AvgIpc) is 2.08. The molecular formula is C9H9BrClNO3S. The van der Waals surface area contributed by atoms with E-state index >= 15 is 0 Å². The molecule has 1 aromatic rings. The minimum Gasteiger partial charge on any atom is -0.324 e. The maximum atomic E-state index is 11.3. The Balaban J connectivity index is 2.81. The van der Waals surface area contributed by atoms with Gasteiger partial charge in [-0.15, -0.1) is 0 Å². The summed E-state index contributed by atoms with van der Waals surface area (Å²) in [5, 5.41) is 2.91. The fourth-order valence-electron chi connectivity index (χ4n) is 1.02. The van der Waals surface area contributed by atoms with Crippen LogP contribution in [0.1, 0.15) is 0 Å². The largest absolute Gasteiger partial charge is 0.324 e. The molecule has 0 heterocycles. The number of carbonyl (C=O) groups excluding carboxylic acids is 1. The molecule has 0 saturated heterocycles. The van der Waals surface area contributed by atoms with Crippen LogP contribution in [0.4, 0.5) is 5.69 Å². The average molecular weight is 327 g/mol. The number of amides is 1. The van der Waals surface area contributed by atoms with Gasteiger partial charge in [0.1, 0.15) is 5.75 Å². The Morgan fingerprint density at radius 3 is 2.69 bits per heavy atom. The molecular weight excluding hydrogens is 318 g/mol. The van der Waals surface area contributed by atoms with Gasteiger partial charge in [0.15, 0.2) is 9.84 Å². The molecule has 7 heteroatoms. The van der Waals surface area contributed by atoms with Crippen LogP contribution >= 0.6 is 27.5 Å². The molecule has 0 aliphatic rings. The van der Waals surface area contributed by atoms with Crippen LogP contribution in [0, 0.1) is 0 Å². The molecule has 0 unspecified atom stereocenters. The van der Waals surface area contributed by atoms with E-state index in [1.165, 1.54) is 6.07 Å². The van der Waals surface area contributed by atoms with Crippen molar-refractivity contribution < 1.29 is 13.2 Å². The Bertz CT molecular complexity index is 515. The molecule has 0 aromatic heterocycles. The van der Waals surface area contributed by atoms with Crippen LogP contribution < -0.4 is 5.32 Å². The third-order valence-corrected chi connectivity index (χ3v) is 3.31. The van der Waals surface area contributed by atoms with E-state index in [1.54, 1.807) is 12.1 Å². The predicted molar refractivity (Wildman–Crippen MR) is 67.5 cm³/mol. The van der Waals surface area contributed by atoms with Crippen molar-refractivity contribution >= 4 is 49.0 Å². The van der Waals surface area contributed by atoms with Crippen molar-refractivity contribution in [3.8, 4) is 0 Å². The summed E-state index contributed by atoms with van der Waals surface area (Å²) in [5.41, 5.74) is 0.446. The lowest BCUT2D eigenvalue weighted by Gasteiger charge is -2.06. The van der Waals surface area contributed by atoms with Crippen LogP contribution in [-0.2, 0) is 14.6 Å². The van der Waals surface area contributed by atoms with Crippen LogP contribution in [0.3, 0.4) is 0 Å². The van der Waals surface area contributed by atoms with Gasteiger partial charge >= 0.3 is 0 Å². The van der Waals surface area contributed by atoms with Crippen molar-refractivity contribution in [1.29, 1.82) is 0 Å². The first-order valence-electron chi connectivity index (χ1n) is 4.20. The summed E-state index contributed by atoms with van der Waals surface area (Å²) in [5.74, 6) is -1.14. The maximum Gasteiger partial charge on any atom is 0.239 e. The first-order chi connectivity index (χ1) is 7.28. The van der Waals surface area contributed by atoms with Crippen LogP contribution in [-0.4, -0.2) is 26.3 Å². The monoisotopic (exact) mass is 325 g/mol. The molecule has 1 N–H and O–H groups in total. The summed E-state index contributed by atoms with van der Waals surface area (Å²) in [6.07, 6.45) is 1.000. The second-order valence-corrected chi connectivity index (χ2v) is 6.67. The minimum absolute atomic E-state index is 0.446. The lowest BCUT2D eigenvalue weighted by molar-refractivity contribution is -0.113. The van der Waals surface area contributed by atoms with E-state index in [0.717, 1.165) is 6.26 Å². The number of carbonyl (C=O) groups is 1. The van der Waals surface area contributed by atoms with E-state index in [4.69, 9.17) is 11.6 Å². The molecule has 16 heavy (non-hydrogen) atoms. The fraction of sp³-hybridized carbons (Fsp3) is 0.222. The van der Waals surface area contributed by atoms with Gasteiger partial charge in [-0.1, -0.05) is 11.6 Å². The van der Waals surface area contributed by atoms with Gasteiger partial charge in [-0.2, -0.15) is 0 Å². The lowest BCUT2D eigenvalue weighted by atomic mass is 10.3. The van der Waals surface area contributed by atoms with Crippen molar-refractivity contribution in [3.63, 3.8) is 0 Å². The Hall–Kier alpha value is -0.590. The molecule has 0 aliphatic heterocycles. The highest BCUT2D eigenvalue weighted by Crippen LogP contribution is 2.25. The number of benzene rings is 1. The van der Waals surface area contributed by atoms with Gasteiger partial charge in [0.05, 0.1) is 5.69 Å². The summed E-state index contributed by atoms with van der Waals surface area (Å²) in [4.78, 5) is 11.3. The second-order valence-electron chi connectivity index (χ2n) is 3.24. The molecule has 0 aliphatic carbocycles. The Morgan fingerprint density at radius 2 is 2.12 bits per heavy atom. The van der Waals surface area contributed by atoms with Crippen LogP contribution in [0.25, 0.3) is 0 Å². The molecule has 0 spiro atoms. The smallest absolute Gasteiger partial charge is 0.239 e. The van der Waals surface area contributed by atoms with E-state index in [-0.39, 0.29) is 0 Å². The third kappa shape index (κ3) is 4.51. The number of hydrogen-bond donors (Lipinski definition) is 1. The van der Waals surface area contributed by atoms with Gasteiger partial charge in [-0.3, -0.25) is 4.79 Å². The van der Waals surface area contributed by atoms with E-state index in [9.17, 15) is 13.2 Å². The highest BCUT2D eigenvalue weighted by atomic mass is 79.9. The van der Waals surface area contributed by atoms with Gasteiger partial charge < -0.3 is 5.32 Å². The van der Waals surface area contributed by atoms with Crippen molar-refractivity contribution in [2.45, 2.75) is 0 Å². The molecule has 1 amide bonds. The fourth-order valence-corrected chi connectivity index (χ4v) is 2.08. The topological polar surface area (TPSA) is 63.2 Å². The number of anilines is 1. The van der Waals surface area contributed by atoms with E-state index < -0.39 is 21.5 Å². The second kappa shape index (κ2) is 5.16. The Morgan fingerprint density at radius 1 is 1.50 bits per heavy atom. The van der Waals surface area contributed by atoms with Gasteiger partial charge in [-0.05, 0) is 34.1 Å². The van der Waals surface area contributed by atoms with Crippen molar-refractivity contribution in [1.82, 2.24) is 0 Å². The number of hydrogen-bond acceptors (Lipinski definition) is 3. The van der Waals surface area contributed by atoms with Crippen LogP contribution in [0.5, 0.6) is 0 Å². The lowest BCUT2D eigenvalue weighted by Crippen LogP contribution is -2.22. The van der Waals surface area contributed by atoms with E-state index in [0.29, 0.717) is 15.2 Å². The van der Waals surface area contributed by atoms with Gasteiger partial charge in [-0.25, -0.2) is 8.42 Å². The number of sulfone groups is 1. The molecule has 88 valence electrons. The third-order valence-electron chi connectivity index (χ3n) is 1.60. The van der Waals surface area contributed by atoms with Crippen molar-refractivity contribution in [2.24, 2.45) is 0 Å². The number of nitrogens with one attached hydrogen (secondary N) is 1. The van der Waals surface area contributed by atoms with Crippen LogP contribution in [0.2, 0.25) is 5.02 Å². The minimum atomic E-state index is -3.33. The molecule has 1 aromatic carbocycles. The molecule has 1 rings (SSSR count). The summed E-state index contributed by atoms with van der Waals surface area (Å²) in [7, 11) is -3.33. The molecule has 0 fully saturated rings. The molecule has 0 saturated carbocycles.